The zero-order valence-electron chi connectivity index (χ0n) is 15.3. The van der Waals surface area contributed by atoms with E-state index in [9.17, 15) is 8.78 Å². The fourth-order valence-corrected chi connectivity index (χ4v) is 3.43. The predicted octanol–water partition coefficient (Wildman–Crippen LogP) is 5.97. The minimum absolute atomic E-state index is 0.0102. The average Bonchev–Trinajstić information content (AvgIpc) is 3.10. The van der Waals surface area contributed by atoms with Crippen molar-refractivity contribution in [2.24, 2.45) is 0 Å². The summed E-state index contributed by atoms with van der Waals surface area (Å²) in [6, 6.07) is 17.6. The van der Waals surface area contributed by atoms with Gasteiger partial charge in [0.15, 0.2) is 11.6 Å². The molecule has 0 saturated carbocycles. The van der Waals surface area contributed by atoms with Crippen LogP contribution in [0.5, 0.6) is 5.75 Å². The molecule has 5 heteroatoms. The van der Waals surface area contributed by atoms with Gasteiger partial charge in [0, 0.05) is 10.9 Å². The van der Waals surface area contributed by atoms with Crippen LogP contribution in [0.3, 0.4) is 0 Å². The number of methoxy groups -OCH3 is 1. The third-order valence-electron chi connectivity index (χ3n) is 4.83. The molecule has 0 aliphatic rings. The maximum Gasteiger partial charge on any atom is 0.177 e. The van der Waals surface area contributed by atoms with Gasteiger partial charge in [-0.15, -0.1) is 0 Å². The normalized spacial score (nSPS) is 10.8. The molecule has 1 aromatic heterocycles. The van der Waals surface area contributed by atoms with Crippen molar-refractivity contribution in [3.8, 4) is 34.2 Å². The Bertz CT molecular complexity index is 1250. The lowest BCUT2D eigenvalue weighted by atomic mass is 9.98. The number of nitrogens with one attached hydrogen (secondary N) is 1. The van der Waals surface area contributed by atoms with Crippen LogP contribution in [0, 0.1) is 29.9 Å². The number of ether oxygens (including phenoxy) is 1. The van der Waals surface area contributed by atoms with Crippen molar-refractivity contribution in [2.45, 2.75) is 6.92 Å². The third kappa shape index (κ3) is 2.89. The first-order valence-corrected chi connectivity index (χ1v) is 8.68. The first kappa shape index (κ1) is 17.7. The van der Waals surface area contributed by atoms with E-state index >= 15 is 0 Å². The molecule has 0 saturated heterocycles. The molecular formula is C23H16F2N2O. The predicted molar refractivity (Wildman–Crippen MR) is 105 cm³/mol. The number of benzene rings is 3. The van der Waals surface area contributed by atoms with Gasteiger partial charge in [0.2, 0.25) is 0 Å². The van der Waals surface area contributed by atoms with Crippen LogP contribution >= 0.6 is 0 Å². The van der Waals surface area contributed by atoms with E-state index in [1.807, 2.05) is 37.3 Å². The summed E-state index contributed by atoms with van der Waals surface area (Å²) in [5.41, 5.74) is 4.53. The van der Waals surface area contributed by atoms with Gasteiger partial charge in [-0.1, -0.05) is 12.1 Å². The molecule has 1 heterocycles. The molecule has 0 amide bonds. The van der Waals surface area contributed by atoms with E-state index in [4.69, 9.17) is 10.00 Å². The minimum Gasteiger partial charge on any atom is -0.494 e. The highest BCUT2D eigenvalue weighted by Gasteiger charge is 2.18. The van der Waals surface area contributed by atoms with Gasteiger partial charge >= 0.3 is 0 Å². The number of rotatable bonds is 3. The highest BCUT2D eigenvalue weighted by atomic mass is 19.1. The molecule has 4 aromatic rings. The largest absolute Gasteiger partial charge is 0.494 e. The quantitative estimate of drug-likeness (QED) is 0.480. The van der Waals surface area contributed by atoms with Crippen LogP contribution in [0.2, 0.25) is 0 Å². The van der Waals surface area contributed by atoms with Crippen LogP contribution in [-0.4, -0.2) is 12.1 Å². The van der Waals surface area contributed by atoms with Crippen molar-refractivity contribution in [2.75, 3.05) is 7.11 Å². The molecule has 0 bridgehead atoms. The molecule has 0 aliphatic heterocycles. The Morgan fingerprint density at radius 3 is 2.54 bits per heavy atom. The summed E-state index contributed by atoms with van der Waals surface area (Å²) >= 11 is 0. The van der Waals surface area contributed by atoms with Crippen LogP contribution in [-0.2, 0) is 0 Å². The topological polar surface area (TPSA) is 48.8 Å². The van der Waals surface area contributed by atoms with Crippen molar-refractivity contribution in [1.29, 1.82) is 5.26 Å². The second kappa shape index (κ2) is 6.82. The first-order chi connectivity index (χ1) is 13.5. The van der Waals surface area contributed by atoms with E-state index in [0.29, 0.717) is 11.3 Å². The van der Waals surface area contributed by atoms with Crippen molar-refractivity contribution < 1.29 is 13.5 Å². The number of aryl methyl sites for hydroxylation is 1. The van der Waals surface area contributed by atoms with Gasteiger partial charge in [-0.2, -0.15) is 5.26 Å². The number of hydrogen-bond donors (Lipinski definition) is 1. The van der Waals surface area contributed by atoms with Gasteiger partial charge in [-0.25, -0.2) is 8.78 Å². The third-order valence-corrected chi connectivity index (χ3v) is 4.83. The maximum atomic E-state index is 14.6. The number of fused-ring (bicyclic) bond motifs is 1. The molecule has 0 aliphatic carbocycles. The lowest BCUT2D eigenvalue weighted by molar-refractivity contribution is 0.385. The van der Waals surface area contributed by atoms with Crippen LogP contribution in [0.4, 0.5) is 8.78 Å². The number of nitriles is 1. The molecule has 0 radical (unpaired) electrons. The molecule has 3 aromatic carbocycles. The lowest BCUT2D eigenvalue weighted by Crippen LogP contribution is -1.95. The zero-order chi connectivity index (χ0) is 19.8. The Hall–Kier alpha value is -3.65. The SMILES string of the molecule is COc1ccc(F)c(-c2cc3cc(-c4ccc(C#N)cc4C)ccc3[nH]2)c1F. The average molecular weight is 374 g/mol. The highest BCUT2D eigenvalue weighted by Crippen LogP contribution is 2.34. The van der Waals surface area contributed by atoms with Gasteiger partial charge in [0.25, 0.3) is 0 Å². The van der Waals surface area contributed by atoms with Crippen LogP contribution in [0.1, 0.15) is 11.1 Å². The Kier molecular flexibility index (Phi) is 4.32. The Morgan fingerprint density at radius 2 is 1.82 bits per heavy atom. The lowest BCUT2D eigenvalue weighted by Gasteiger charge is -2.07. The smallest absolute Gasteiger partial charge is 0.177 e. The Morgan fingerprint density at radius 1 is 1.00 bits per heavy atom. The van der Waals surface area contributed by atoms with E-state index in [0.717, 1.165) is 27.6 Å². The summed E-state index contributed by atoms with van der Waals surface area (Å²) < 4.78 is 33.9. The van der Waals surface area contributed by atoms with Gasteiger partial charge in [0.1, 0.15) is 5.82 Å². The van der Waals surface area contributed by atoms with Crippen LogP contribution < -0.4 is 4.74 Å². The minimum atomic E-state index is -0.739. The highest BCUT2D eigenvalue weighted by molar-refractivity contribution is 5.90. The fraction of sp³-hybridized carbons (Fsp3) is 0.0870. The molecule has 0 fully saturated rings. The van der Waals surface area contributed by atoms with Crippen molar-refractivity contribution in [3.05, 3.63) is 77.4 Å². The molecule has 138 valence electrons. The summed E-state index contributed by atoms with van der Waals surface area (Å²) in [5.74, 6) is -1.41. The van der Waals surface area contributed by atoms with Crippen molar-refractivity contribution in [1.82, 2.24) is 4.98 Å². The van der Waals surface area contributed by atoms with Crippen molar-refractivity contribution >= 4 is 10.9 Å². The van der Waals surface area contributed by atoms with E-state index in [2.05, 4.69) is 11.1 Å². The fourth-order valence-electron chi connectivity index (χ4n) is 3.43. The summed E-state index contributed by atoms with van der Waals surface area (Å²) in [6.07, 6.45) is 0. The molecular weight excluding hydrogens is 358 g/mol. The number of aromatic nitrogens is 1. The Balaban J connectivity index is 1.83. The molecule has 28 heavy (non-hydrogen) atoms. The second-order valence-electron chi connectivity index (χ2n) is 6.57. The van der Waals surface area contributed by atoms with Crippen molar-refractivity contribution in [3.63, 3.8) is 0 Å². The van der Waals surface area contributed by atoms with Gasteiger partial charge in [-0.05, 0) is 66.1 Å². The maximum absolute atomic E-state index is 14.6. The standard InChI is InChI=1S/C23H16F2N2O/c1-13-9-14(12-26)3-5-17(13)15-4-7-19-16(10-15)11-20(27-19)22-18(24)6-8-21(28-2)23(22)25/h3-11,27H,1-2H3. The van der Waals surface area contributed by atoms with Crippen LogP contribution in [0.15, 0.2) is 54.6 Å². The van der Waals surface area contributed by atoms with E-state index in [-0.39, 0.29) is 11.3 Å². The number of nitrogens with zero attached hydrogens (tertiary/aromatic N) is 1. The molecule has 0 atom stereocenters. The number of halogens is 2. The summed E-state index contributed by atoms with van der Waals surface area (Å²) in [6.45, 7) is 1.95. The molecule has 0 spiro atoms. The van der Waals surface area contributed by atoms with Gasteiger partial charge < -0.3 is 9.72 Å². The number of aromatic amines is 1. The van der Waals surface area contributed by atoms with Crippen LogP contribution in [0.25, 0.3) is 33.3 Å². The molecule has 1 N–H and O–H groups in total. The number of hydrogen-bond acceptors (Lipinski definition) is 2. The first-order valence-electron chi connectivity index (χ1n) is 8.68. The van der Waals surface area contributed by atoms with E-state index < -0.39 is 11.6 Å². The van der Waals surface area contributed by atoms with Gasteiger partial charge in [-0.3, -0.25) is 0 Å². The summed E-state index contributed by atoms with van der Waals surface area (Å²) in [4.78, 5) is 3.08. The monoisotopic (exact) mass is 374 g/mol. The Labute approximate surface area is 160 Å². The second-order valence-corrected chi connectivity index (χ2v) is 6.57. The molecule has 4 rings (SSSR count). The van der Waals surface area contributed by atoms with E-state index in [1.165, 1.54) is 19.2 Å². The zero-order valence-corrected chi connectivity index (χ0v) is 15.3. The number of H-pyrrole nitrogens is 1. The molecule has 0 unspecified atom stereocenters. The van der Waals surface area contributed by atoms with Gasteiger partial charge in [0.05, 0.1) is 30.0 Å². The van der Waals surface area contributed by atoms with E-state index in [1.54, 1.807) is 12.1 Å². The summed E-state index contributed by atoms with van der Waals surface area (Å²) in [7, 11) is 1.34. The molecule has 3 nitrogen and oxygen atoms in total. The summed E-state index contributed by atoms with van der Waals surface area (Å²) in [5, 5.41) is 9.87.